The number of aliphatic hydroxyl groups excluding tert-OH is 1. The maximum Gasteiger partial charge on any atom is 0.0639 e. The second kappa shape index (κ2) is 6.38. The van der Waals surface area contributed by atoms with Crippen molar-refractivity contribution in [3.8, 4) is 0 Å². The molecule has 3 nitrogen and oxygen atoms in total. The van der Waals surface area contributed by atoms with Gasteiger partial charge < -0.3 is 5.11 Å². The molecule has 3 heteroatoms. The second-order valence-corrected chi connectivity index (χ2v) is 5.10. The molecule has 1 N–H and O–H groups in total. The second-order valence-electron chi connectivity index (χ2n) is 5.10. The van der Waals surface area contributed by atoms with Crippen molar-refractivity contribution in [2.24, 2.45) is 0 Å². The first-order valence-corrected chi connectivity index (χ1v) is 6.31. The zero-order valence-electron chi connectivity index (χ0n) is 10.9. The lowest BCUT2D eigenvalue weighted by Crippen LogP contribution is -2.54. The molecule has 0 spiro atoms. The fourth-order valence-corrected chi connectivity index (χ4v) is 2.45. The van der Waals surface area contributed by atoms with Crippen molar-refractivity contribution in [3.05, 3.63) is 12.2 Å². The fourth-order valence-electron chi connectivity index (χ4n) is 2.45. The van der Waals surface area contributed by atoms with Gasteiger partial charge in [-0.1, -0.05) is 19.1 Å². The van der Waals surface area contributed by atoms with E-state index in [0.717, 1.165) is 39.1 Å². The summed E-state index contributed by atoms with van der Waals surface area (Å²) in [7, 11) is 0. The Kier molecular flexibility index (Phi) is 5.46. The van der Waals surface area contributed by atoms with Crippen LogP contribution in [0.15, 0.2) is 12.2 Å². The van der Waals surface area contributed by atoms with Gasteiger partial charge >= 0.3 is 0 Å². The van der Waals surface area contributed by atoms with Gasteiger partial charge in [-0.3, -0.25) is 9.80 Å². The van der Waals surface area contributed by atoms with E-state index < -0.39 is 0 Å². The molecule has 1 aliphatic rings. The highest BCUT2D eigenvalue weighted by Crippen LogP contribution is 2.14. The number of nitrogens with zero attached hydrogens (tertiary/aromatic N) is 2. The van der Waals surface area contributed by atoms with Gasteiger partial charge in [-0.25, -0.2) is 0 Å². The Morgan fingerprint density at radius 3 is 2.69 bits per heavy atom. The van der Waals surface area contributed by atoms with Crippen LogP contribution in [0.2, 0.25) is 0 Å². The molecule has 0 radical (unpaired) electrons. The Bertz CT molecular complexity index is 228. The van der Waals surface area contributed by atoms with E-state index in [1.807, 2.05) is 6.92 Å². The van der Waals surface area contributed by atoms with Gasteiger partial charge in [0.25, 0.3) is 0 Å². The van der Waals surface area contributed by atoms with Crippen molar-refractivity contribution in [2.75, 3.05) is 32.7 Å². The normalized spacial score (nSPS) is 25.6. The third-order valence-electron chi connectivity index (χ3n) is 3.15. The quantitative estimate of drug-likeness (QED) is 0.717. The van der Waals surface area contributed by atoms with Crippen molar-refractivity contribution < 1.29 is 5.11 Å². The molecule has 0 aromatic carbocycles. The minimum absolute atomic E-state index is 0.221. The fraction of sp³-hybridized carbons (Fsp3) is 0.846. The summed E-state index contributed by atoms with van der Waals surface area (Å²) in [6, 6.07) is 0.586. The molecule has 1 rings (SSSR count). The number of hydrogen-bond acceptors (Lipinski definition) is 3. The third-order valence-corrected chi connectivity index (χ3v) is 3.15. The number of aliphatic hydroxyl groups is 1. The van der Waals surface area contributed by atoms with Gasteiger partial charge in [0.15, 0.2) is 0 Å². The molecule has 0 aliphatic carbocycles. The molecule has 1 aliphatic heterocycles. The first kappa shape index (κ1) is 13.7. The van der Waals surface area contributed by atoms with E-state index in [1.54, 1.807) is 0 Å². The zero-order chi connectivity index (χ0) is 12.1. The predicted octanol–water partition coefficient (Wildman–Crippen LogP) is 1.34. The van der Waals surface area contributed by atoms with Crippen molar-refractivity contribution >= 4 is 0 Å². The van der Waals surface area contributed by atoms with E-state index in [-0.39, 0.29) is 6.10 Å². The topological polar surface area (TPSA) is 26.7 Å². The highest BCUT2D eigenvalue weighted by atomic mass is 16.3. The summed E-state index contributed by atoms with van der Waals surface area (Å²) in [4.78, 5) is 4.88. The van der Waals surface area contributed by atoms with Crippen molar-refractivity contribution in [1.29, 1.82) is 0 Å². The maximum atomic E-state index is 9.46. The van der Waals surface area contributed by atoms with Crippen LogP contribution < -0.4 is 0 Å². The van der Waals surface area contributed by atoms with Crippen LogP contribution in [0.4, 0.5) is 0 Å². The van der Waals surface area contributed by atoms with Gasteiger partial charge in [0.1, 0.15) is 0 Å². The predicted molar refractivity (Wildman–Crippen MR) is 68.6 cm³/mol. The monoisotopic (exact) mass is 226 g/mol. The lowest BCUT2D eigenvalue weighted by Gasteiger charge is -2.41. The summed E-state index contributed by atoms with van der Waals surface area (Å²) in [5.74, 6) is 0. The molecule has 2 atom stereocenters. The van der Waals surface area contributed by atoms with E-state index in [1.165, 1.54) is 5.57 Å². The van der Waals surface area contributed by atoms with Gasteiger partial charge in [-0.2, -0.15) is 0 Å². The molecule has 0 aromatic heterocycles. The highest BCUT2D eigenvalue weighted by Gasteiger charge is 2.25. The van der Waals surface area contributed by atoms with Crippen LogP contribution in [0.5, 0.6) is 0 Å². The van der Waals surface area contributed by atoms with Gasteiger partial charge in [0.05, 0.1) is 6.10 Å². The van der Waals surface area contributed by atoms with Crippen LogP contribution in [0, 0.1) is 0 Å². The smallest absolute Gasteiger partial charge is 0.0639 e. The summed E-state index contributed by atoms with van der Waals surface area (Å²) in [6.07, 6.45) is 0.932. The molecule has 0 saturated carbocycles. The largest absolute Gasteiger partial charge is 0.392 e. The van der Waals surface area contributed by atoms with E-state index >= 15 is 0 Å². The van der Waals surface area contributed by atoms with Gasteiger partial charge in [-0.15, -0.1) is 0 Å². The average Bonchev–Trinajstić information content (AvgIpc) is 2.18. The summed E-state index contributed by atoms with van der Waals surface area (Å²) in [5, 5.41) is 9.46. The number of hydrogen-bond donors (Lipinski definition) is 1. The minimum Gasteiger partial charge on any atom is -0.392 e. The first-order valence-electron chi connectivity index (χ1n) is 6.31. The Labute approximate surface area is 99.7 Å². The molecule has 0 aromatic rings. The van der Waals surface area contributed by atoms with Crippen molar-refractivity contribution in [3.63, 3.8) is 0 Å². The van der Waals surface area contributed by atoms with Crippen LogP contribution in [-0.2, 0) is 0 Å². The van der Waals surface area contributed by atoms with Crippen LogP contribution in [0.25, 0.3) is 0 Å². The third kappa shape index (κ3) is 4.24. The number of piperazine rings is 1. The number of β-amino-alcohol motifs (C(OH)–C–C–N with tert-alkyl or cyclic N) is 1. The maximum absolute atomic E-state index is 9.46. The molecule has 1 fully saturated rings. The molecule has 1 saturated heterocycles. The standard InChI is InChI=1S/C13H26N2O/c1-5-13-10-14(8-11(2)3)6-7-15(13)9-12(4)16/h12-13,16H,2,5-10H2,1,3-4H3/t12-,13+/m1/s1. The van der Waals surface area contributed by atoms with Crippen molar-refractivity contribution in [1.82, 2.24) is 9.80 Å². The lowest BCUT2D eigenvalue weighted by molar-refractivity contribution is 0.0400. The van der Waals surface area contributed by atoms with E-state index in [9.17, 15) is 5.11 Å². The Hall–Kier alpha value is -0.380. The molecule has 16 heavy (non-hydrogen) atoms. The molecular formula is C13H26N2O. The van der Waals surface area contributed by atoms with Gasteiger partial charge in [0.2, 0.25) is 0 Å². The first-order chi connectivity index (χ1) is 7.52. The summed E-state index contributed by atoms with van der Waals surface area (Å²) in [6.45, 7) is 15.2. The van der Waals surface area contributed by atoms with Crippen LogP contribution >= 0.6 is 0 Å². The van der Waals surface area contributed by atoms with E-state index in [2.05, 4.69) is 30.2 Å². The Morgan fingerprint density at radius 1 is 1.50 bits per heavy atom. The van der Waals surface area contributed by atoms with Crippen LogP contribution in [-0.4, -0.2) is 59.8 Å². The molecular weight excluding hydrogens is 200 g/mol. The average molecular weight is 226 g/mol. The van der Waals surface area contributed by atoms with Crippen LogP contribution in [0.1, 0.15) is 27.2 Å². The molecule has 1 heterocycles. The Morgan fingerprint density at radius 2 is 2.19 bits per heavy atom. The van der Waals surface area contributed by atoms with Gasteiger partial charge in [-0.05, 0) is 20.3 Å². The zero-order valence-corrected chi connectivity index (χ0v) is 10.9. The minimum atomic E-state index is -0.221. The highest BCUT2D eigenvalue weighted by molar-refractivity contribution is 4.94. The molecule has 0 bridgehead atoms. The van der Waals surface area contributed by atoms with E-state index in [4.69, 9.17) is 0 Å². The summed E-state index contributed by atoms with van der Waals surface area (Å²) in [5.41, 5.74) is 1.24. The van der Waals surface area contributed by atoms with E-state index in [0.29, 0.717) is 6.04 Å². The van der Waals surface area contributed by atoms with Crippen molar-refractivity contribution in [2.45, 2.75) is 39.3 Å². The summed E-state index contributed by atoms with van der Waals surface area (Å²) >= 11 is 0. The molecule has 94 valence electrons. The SMILES string of the molecule is C=C(C)CN1CCN(C[C@@H](C)O)[C@@H](CC)C1. The number of rotatable bonds is 5. The lowest BCUT2D eigenvalue weighted by atomic mass is 10.1. The molecule has 0 unspecified atom stereocenters. The van der Waals surface area contributed by atoms with Gasteiger partial charge in [0, 0.05) is 38.8 Å². The summed E-state index contributed by atoms with van der Waals surface area (Å²) < 4.78 is 0. The van der Waals surface area contributed by atoms with Crippen LogP contribution in [0.3, 0.4) is 0 Å². The molecule has 0 amide bonds. The Balaban J connectivity index is 2.46.